The van der Waals surface area contributed by atoms with Crippen molar-refractivity contribution in [3.8, 4) is 11.4 Å². The second-order valence-corrected chi connectivity index (χ2v) is 5.22. The maximum atomic E-state index is 4.58. The second kappa shape index (κ2) is 3.88. The van der Waals surface area contributed by atoms with Crippen LogP contribution in [-0.2, 0) is 0 Å². The molecule has 0 bridgehead atoms. The van der Waals surface area contributed by atoms with E-state index >= 15 is 0 Å². The van der Waals surface area contributed by atoms with E-state index in [0.717, 1.165) is 17.0 Å². The normalized spacial score (nSPS) is 15.0. The van der Waals surface area contributed by atoms with Gasteiger partial charge in [0.2, 0.25) is 0 Å². The molecule has 0 aliphatic heterocycles. The Kier molecular flexibility index (Phi) is 2.18. The number of aromatic nitrogens is 4. The predicted octanol–water partition coefficient (Wildman–Crippen LogP) is 2.98. The van der Waals surface area contributed by atoms with E-state index in [1.54, 1.807) is 0 Å². The molecular formula is C15H14N4. The summed E-state index contributed by atoms with van der Waals surface area (Å²) in [4.78, 5) is 8.90. The summed E-state index contributed by atoms with van der Waals surface area (Å²) in [5, 5.41) is 4.51. The molecule has 1 fully saturated rings. The van der Waals surface area contributed by atoms with Crippen molar-refractivity contribution >= 4 is 5.65 Å². The first kappa shape index (κ1) is 10.7. The average molecular weight is 250 g/mol. The highest BCUT2D eigenvalue weighted by atomic mass is 15.3. The fourth-order valence-corrected chi connectivity index (χ4v) is 2.33. The van der Waals surface area contributed by atoms with Crippen LogP contribution in [0.4, 0.5) is 0 Å². The minimum absolute atomic E-state index is 0.701. The highest BCUT2D eigenvalue weighted by Crippen LogP contribution is 2.40. The van der Waals surface area contributed by atoms with Gasteiger partial charge in [-0.15, -0.1) is 5.10 Å². The van der Waals surface area contributed by atoms with E-state index in [4.69, 9.17) is 0 Å². The van der Waals surface area contributed by atoms with Crippen molar-refractivity contribution in [1.29, 1.82) is 0 Å². The molecule has 3 aromatic rings. The lowest BCUT2D eigenvalue weighted by atomic mass is 10.1. The highest BCUT2D eigenvalue weighted by molar-refractivity contribution is 5.58. The average Bonchev–Trinajstić information content (AvgIpc) is 3.19. The topological polar surface area (TPSA) is 43.1 Å². The molecule has 1 saturated carbocycles. The molecule has 1 aliphatic rings. The standard InChI is InChI=1S/C15H14N4/c1-10-4-5-19-14(6-10)17-15(18-19)13-7-12(8-16-9-13)11-2-3-11/h4-9,11H,2-3H2,1H3. The first-order chi connectivity index (χ1) is 9.29. The summed E-state index contributed by atoms with van der Waals surface area (Å²) < 4.78 is 1.81. The summed E-state index contributed by atoms with van der Waals surface area (Å²) in [6.07, 6.45) is 8.31. The molecule has 0 radical (unpaired) electrons. The quantitative estimate of drug-likeness (QED) is 0.702. The minimum Gasteiger partial charge on any atom is -0.264 e. The molecule has 0 aromatic carbocycles. The third kappa shape index (κ3) is 1.89. The summed E-state index contributed by atoms with van der Waals surface area (Å²) in [6.45, 7) is 2.06. The van der Waals surface area contributed by atoms with Crippen LogP contribution in [0.1, 0.15) is 29.9 Å². The van der Waals surface area contributed by atoms with Crippen LogP contribution in [0.2, 0.25) is 0 Å². The van der Waals surface area contributed by atoms with Gasteiger partial charge in [0.25, 0.3) is 0 Å². The third-order valence-corrected chi connectivity index (χ3v) is 3.56. The molecule has 0 amide bonds. The van der Waals surface area contributed by atoms with Gasteiger partial charge in [-0.1, -0.05) is 0 Å². The molecule has 19 heavy (non-hydrogen) atoms. The maximum absolute atomic E-state index is 4.58. The number of aryl methyl sites for hydroxylation is 1. The molecule has 4 nitrogen and oxygen atoms in total. The van der Waals surface area contributed by atoms with Crippen LogP contribution in [0.3, 0.4) is 0 Å². The molecule has 1 aliphatic carbocycles. The molecule has 4 heteroatoms. The Morgan fingerprint density at radius 1 is 1.21 bits per heavy atom. The molecule has 0 atom stereocenters. The monoisotopic (exact) mass is 250 g/mol. The van der Waals surface area contributed by atoms with E-state index in [1.165, 1.54) is 24.0 Å². The Bertz CT molecular complexity index is 756. The summed E-state index contributed by atoms with van der Waals surface area (Å²) >= 11 is 0. The lowest BCUT2D eigenvalue weighted by Gasteiger charge is -1.99. The Hall–Kier alpha value is -2.23. The summed E-state index contributed by atoms with van der Waals surface area (Å²) in [5.41, 5.74) is 4.39. The van der Waals surface area contributed by atoms with Gasteiger partial charge >= 0.3 is 0 Å². The molecule has 4 rings (SSSR count). The number of rotatable bonds is 2. The summed E-state index contributed by atoms with van der Waals surface area (Å²) in [5.74, 6) is 1.45. The Labute approximate surface area is 111 Å². The predicted molar refractivity (Wildman–Crippen MR) is 72.9 cm³/mol. The van der Waals surface area contributed by atoms with Gasteiger partial charge in [-0.25, -0.2) is 9.50 Å². The van der Waals surface area contributed by atoms with E-state index in [-0.39, 0.29) is 0 Å². The zero-order chi connectivity index (χ0) is 12.8. The van der Waals surface area contributed by atoms with Gasteiger partial charge in [-0.3, -0.25) is 4.98 Å². The fraction of sp³-hybridized carbons (Fsp3) is 0.267. The molecule has 0 unspecified atom stereocenters. The zero-order valence-corrected chi connectivity index (χ0v) is 10.7. The van der Waals surface area contributed by atoms with E-state index in [9.17, 15) is 0 Å². The van der Waals surface area contributed by atoms with Crippen molar-refractivity contribution in [2.75, 3.05) is 0 Å². The molecule has 3 heterocycles. The smallest absolute Gasteiger partial charge is 0.183 e. The van der Waals surface area contributed by atoms with Gasteiger partial charge in [0, 0.05) is 24.2 Å². The van der Waals surface area contributed by atoms with Crippen molar-refractivity contribution in [3.05, 3.63) is 47.9 Å². The lowest BCUT2D eigenvalue weighted by Crippen LogP contribution is -1.88. The first-order valence-corrected chi connectivity index (χ1v) is 6.58. The zero-order valence-electron chi connectivity index (χ0n) is 10.7. The van der Waals surface area contributed by atoms with E-state index in [0.29, 0.717) is 5.92 Å². The van der Waals surface area contributed by atoms with Crippen LogP contribution in [-0.4, -0.2) is 19.6 Å². The van der Waals surface area contributed by atoms with Crippen LogP contribution >= 0.6 is 0 Å². The summed E-state index contributed by atoms with van der Waals surface area (Å²) in [6, 6.07) is 6.24. The van der Waals surface area contributed by atoms with Crippen LogP contribution in [0.5, 0.6) is 0 Å². The number of fused-ring (bicyclic) bond motifs is 1. The van der Waals surface area contributed by atoms with Crippen molar-refractivity contribution in [3.63, 3.8) is 0 Å². The first-order valence-electron chi connectivity index (χ1n) is 6.58. The molecular weight excluding hydrogens is 236 g/mol. The van der Waals surface area contributed by atoms with Gasteiger partial charge in [0.15, 0.2) is 11.5 Å². The molecule has 0 spiro atoms. The van der Waals surface area contributed by atoms with E-state index < -0.39 is 0 Å². The van der Waals surface area contributed by atoms with Crippen molar-refractivity contribution in [2.45, 2.75) is 25.7 Å². The number of nitrogens with zero attached hydrogens (tertiary/aromatic N) is 4. The van der Waals surface area contributed by atoms with Gasteiger partial charge in [0.1, 0.15) is 0 Å². The van der Waals surface area contributed by atoms with Crippen LogP contribution in [0, 0.1) is 6.92 Å². The molecule has 94 valence electrons. The largest absolute Gasteiger partial charge is 0.264 e. The van der Waals surface area contributed by atoms with Gasteiger partial charge in [-0.2, -0.15) is 0 Å². The van der Waals surface area contributed by atoms with Crippen LogP contribution in [0.25, 0.3) is 17.0 Å². The third-order valence-electron chi connectivity index (χ3n) is 3.56. The van der Waals surface area contributed by atoms with Gasteiger partial charge in [-0.05, 0) is 55.0 Å². The minimum atomic E-state index is 0.701. The molecule has 3 aromatic heterocycles. The van der Waals surface area contributed by atoms with Crippen molar-refractivity contribution in [2.24, 2.45) is 0 Å². The van der Waals surface area contributed by atoms with Crippen molar-refractivity contribution < 1.29 is 0 Å². The highest BCUT2D eigenvalue weighted by Gasteiger charge is 2.24. The van der Waals surface area contributed by atoms with E-state index in [2.05, 4.69) is 28.1 Å². The van der Waals surface area contributed by atoms with Gasteiger partial charge in [0.05, 0.1) is 0 Å². The number of hydrogen-bond donors (Lipinski definition) is 0. The van der Waals surface area contributed by atoms with Gasteiger partial charge < -0.3 is 0 Å². The summed E-state index contributed by atoms with van der Waals surface area (Å²) in [7, 11) is 0. The molecule has 0 saturated heterocycles. The Balaban J connectivity index is 1.82. The van der Waals surface area contributed by atoms with E-state index in [1.807, 2.05) is 35.2 Å². The second-order valence-electron chi connectivity index (χ2n) is 5.22. The molecule has 0 N–H and O–H groups in total. The van der Waals surface area contributed by atoms with Crippen molar-refractivity contribution in [1.82, 2.24) is 19.6 Å². The maximum Gasteiger partial charge on any atom is 0.183 e. The number of pyridine rings is 2. The van der Waals surface area contributed by atoms with Crippen LogP contribution < -0.4 is 0 Å². The SMILES string of the molecule is Cc1ccn2nc(-c3cncc(C4CC4)c3)nc2c1. The number of hydrogen-bond acceptors (Lipinski definition) is 3. The Morgan fingerprint density at radius 3 is 2.95 bits per heavy atom. The van der Waals surface area contributed by atoms with Crippen LogP contribution in [0.15, 0.2) is 36.8 Å². The lowest BCUT2D eigenvalue weighted by molar-refractivity contribution is 0.960. The Morgan fingerprint density at radius 2 is 2.11 bits per heavy atom. The fourth-order valence-electron chi connectivity index (χ4n) is 2.33.